The van der Waals surface area contributed by atoms with Gasteiger partial charge in [-0.1, -0.05) is 33.8 Å². The Kier molecular flexibility index (Phi) is 4.66. The Balaban J connectivity index is 2.77. The molecule has 0 spiro atoms. The lowest BCUT2D eigenvalue weighted by Crippen LogP contribution is -2.26. The summed E-state index contributed by atoms with van der Waals surface area (Å²) in [4.78, 5) is 16.4. The van der Waals surface area contributed by atoms with Crippen LogP contribution in [0, 0.1) is 17.8 Å². The van der Waals surface area contributed by atoms with Crippen LogP contribution >= 0.6 is 0 Å². The minimum atomic E-state index is 0.0925. The Bertz CT molecular complexity index is 330. The fraction of sp³-hybridized carbons (Fsp3) is 0.571. The molecule has 0 N–H and O–H groups in total. The van der Waals surface area contributed by atoms with E-state index in [1.54, 1.807) is 6.20 Å². The van der Waals surface area contributed by atoms with Crippen molar-refractivity contribution < 1.29 is 4.79 Å². The maximum atomic E-state index is 12.1. The van der Waals surface area contributed by atoms with Crippen LogP contribution in [0.25, 0.3) is 0 Å². The summed E-state index contributed by atoms with van der Waals surface area (Å²) in [5.74, 6) is 0.920. The maximum Gasteiger partial charge on any atom is 0.139 e. The molecule has 0 aliphatic rings. The molecule has 2 heteroatoms. The lowest BCUT2D eigenvalue weighted by molar-refractivity contribution is -0.127. The highest BCUT2D eigenvalue weighted by Crippen LogP contribution is 2.20. The molecular weight excluding hydrogens is 198 g/mol. The van der Waals surface area contributed by atoms with Gasteiger partial charge >= 0.3 is 0 Å². The van der Waals surface area contributed by atoms with Gasteiger partial charge in [0, 0.05) is 23.7 Å². The first kappa shape index (κ1) is 12.9. The van der Waals surface area contributed by atoms with Crippen molar-refractivity contribution >= 4 is 5.78 Å². The van der Waals surface area contributed by atoms with Crippen LogP contribution in [0.3, 0.4) is 0 Å². The van der Waals surface area contributed by atoms with Crippen LogP contribution in [0.4, 0.5) is 0 Å². The van der Waals surface area contributed by atoms with E-state index in [2.05, 4.69) is 18.8 Å². The summed E-state index contributed by atoms with van der Waals surface area (Å²) in [6.07, 6.45) is 2.54. The van der Waals surface area contributed by atoms with Gasteiger partial charge in [0.05, 0.1) is 0 Å². The molecular formula is C14H21NO. The molecule has 0 saturated heterocycles. The first-order valence-corrected chi connectivity index (χ1v) is 5.96. The smallest absolute Gasteiger partial charge is 0.139 e. The highest BCUT2D eigenvalue weighted by molar-refractivity contribution is 5.83. The zero-order valence-corrected chi connectivity index (χ0v) is 10.6. The molecule has 16 heavy (non-hydrogen) atoms. The number of hydrogen-bond acceptors (Lipinski definition) is 2. The van der Waals surface area contributed by atoms with Crippen molar-refractivity contribution in [2.24, 2.45) is 17.8 Å². The average molecular weight is 219 g/mol. The van der Waals surface area contributed by atoms with Crippen LogP contribution in [-0.2, 0) is 11.2 Å². The van der Waals surface area contributed by atoms with E-state index in [-0.39, 0.29) is 11.8 Å². The van der Waals surface area contributed by atoms with E-state index in [1.807, 2.05) is 32.0 Å². The molecule has 0 aromatic carbocycles. The Morgan fingerprint density at radius 2 is 1.94 bits per heavy atom. The number of pyridine rings is 1. The molecule has 0 aliphatic heterocycles. The minimum absolute atomic E-state index is 0.0925. The number of ketones is 1. The summed E-state index contributed by atoms with van der Waals surface area (Å²) >= 11 is 0. The number of carbonyl (C=O) groups excluding carboxylic acids is 1. The molecule has 1 heterocycles. The number of nitrogens with zero attached hydrogens (tertiary/aromatic N) is 1. The average Bonchev–Trinajstić information content (AvgIpc) is 2.26. The predicted molar refractivity (Wildman–Crippen MR) is 66.1 cm³/mol. The maximum absolute atomic E-state index is 12.1. The van der Waals surface area contributed by atoms with Gasteiger partial charge in [0.2, 0.25) is 0 Å². The van der Waals surface area contributed by atoms with Gasteiger partial charge in [0.15, 0.2) is 0 Å². The monoisotopic (exact) mass is 219 g/mol. The molecule has 1 rings (SSSR count). The van der Waals surface area contributed by atoms with Crippen LogP contribution < -0.4 is 0 Å². The number of aromatic nitrogens is 1. The van der Waals surface area contributed by atoms with Crippen molar-refractivity contribution in [1.82, 2.24) is 4.98 Å². The number of rotatable bonds is 5. The normalized spacial score (nSPS) is 13.1. The third kappa shape index (κ3) is 3.44. The lowest BCUT2D eigenvalue weighted by Gasteiger charge is -2.21. The van der Waals surface area contributed by atoms with Gasteiger partial charge in [-0.2, -0.15) is 0 Å². The van der Waals surface area contributed by atoms with Crippen LogP contribution in [-0.4, -0.2) is 10.8 Å². The zero-order chi connectivity index (χ0) is 12.1. The van der Waals surface area contributed by atoms with Gasteiger partial charge in [0.25, 0.3) is 0 Å². The summed E-state index contributed by atoms with van der Waals surface area (Å²) in [5.41, 5.74) is 1.01. The molecule has 2 nitrogen and oxygen atoms in total. The third-order valence-corrected chi connectivity index (χ3v) is 2.89. The van der Waals surface area contributed by atoms with Gasteiger partial charge in [-0.25, -0.2) is 0 Å². The standard InChI is InChI=1S/C14H21NO/c1-10(2)13(14(16)11(3)4)9-12-7-5-6-8-15-12/h5-8,10-11,13H,9H2,1-4H3. The fourth-order valence-corrected chi connectivity index (χ4v) is 1.84. The second kappa shape index (κ2) is 5.78. The summed E-state index contributed by atoms with van der Waals surface area (Å²) in [6, 6.07) is 5.86. The van der Waals surface area contributed by atoms with Crippen LogP contribution in [0.15, 0.2) is 24.4 Å². The van der Waals surface area contributed by atoms with E-state index in [4.69, 9.17) is 0 Å². The van der Waals surface area contributed by atoms with Crippen molar-refractivity contribution in [3.63, 3.8) is 0 Å². The van der Waals surface area contributed by atoms with Crippen molar-refractivity contribution in [1.29, 1.82) is 0 Å². The summed E-state index contributed by atoms with van der Waals surface area (Å²) in [6.45, 7) is 8.15. The Morgan fingerprint density at radius 3 is 2.38 bits per heavy atom. The van der Waals surface area contributed by atoms with E-state index < -0.39 is 0 Å². The topological polar surface area (TPSA) is 30.0 Å². The van der Waals surface area contributed by atoms with Crippen LogP contribution in [0.2, 0.25) is 0 Å². The number of Topliss-reactive ketones (excluding diaryl/α,β-unsaturated/α-hetero) is 1. The summed E-state index contributed by atoms with van der Waals surface area (Å²) in [7, 11) is 0. The molecule has 1 aromatic heterocycles. The van der Waals surface area contributed by atoms with E-state index in [0.717, 1.165) is 12.1 Å². The van der Waals surface area contributed by atoms with Crippen LogP contribution in [0.1, 0.15) is 33.4 Å². The molecule has 0 saturated carbocycles. The van der Waals surface area contributed by atoms with Gasteiger partial charge in [0.1, 0.15) is 5.78 Å². The summed E-state index contributed by atoms with van der Waals surface area (Å²) in [5, 5.41) is 0. The largest absolute Gasteiger partial charge is 0.299 e. The van der Waals surface area contributed by atoms with Crippen molar-refractivity contribution in [2.75, 3.05) is 0 Å². The van der Waals surface area contributed by atoms with Crippen LogP contribution in [0.5, 0.6) is 0 Å². The summed E-state index contributed by atoms with van der Waals surface area (Å²) < 4.78 is 0. The van der Waals surface area contributed by atoms with Crippen molar-refractivity contribution in [3.05, 3.63) is 30.1 Å². The highest BCUT2D eigenvalue weighted by Gasteiger charge is 2.24. The molecule has 1 atom stereocenters. The lowest BCUT2D eigenvalue weighted by atomic mass is 9.83. The van der Waals surface area contributed by atoms with Gasteiger partial charge in [-0.15, -0.1) is 0 Å². The number of carbonyl (C=O) groups is 1. The first-order valence-electron chi connectivity index (χ1n) is 5.96. The van der Waals surface area contributed by atoms with E-state index >= 15 is 0 Å². The number of hydrogen-bond donors (Lipinski definition) is 0. The van der Waals surface area contributed by atoms with Gasteiger partial charge in [-0.3, -0.25) is 9.78 Å². The van der Waals surface area contributed by atoms with Gasteiger partial charge < -0.3 is 0 Å². The minimum Gasteiger partial charge on any atom is -0.299 e. The quantitative estimate of drug-likeness (QED) is 0.761. The van der Waals surface area contributed by atoms with E-state index in [9.17, 15) is 4.79 Å². The molecule has 0 aliphatic carbocycles. The highest BCUT2D eigenvalue weighted by atomic mass is 16.1. The van der Waals surface area contributed by atoms with Gasteiger partial charge in [-0.05, 0) is 24.5 Å². The van der Waals surface area contributed by atoms with E-state index in [1.165, 1.54) is 0 Å². The molecule has 0 fully saturated rings. The molecule has 0 amide bonds. The third-order valence-electron chi connectivity index (χ3n) is 2.89. The predicted octanol–water partition coefficient (Wildman–Crippen LogP) is 3.12. The van der Waals surface area contributed by atoms with Crippen molar-refractivity contribution in [3.8, 4) is 0 Å². The molecule has 0 bridgehead atoms. The first-order chi connectivity index (χ1) is 7.52. The molecule has 88 valence electrons. The molecule has 1 unspecified atom stereocenters. The SMILES string of the molecule is CC(C)C(=O)C(Cc1ccccn1)C(C)C. The second-order valence-electron chi connectivity index (χ2n) is 4.93. The molecule has 0 radical (unpaired) electrons. The van der Waals surface area contributed by atoms with Crippen molar-refractivity contribution in [2.45, 2.75) is 34.1 Å². The van der Waals surface area contributed by atoms with E-state index in [0.29, 0.717) is 11.7 Å². The molecule has 1 aromatic rings. The Labute approximate surface area is 98.1 Å². The second-order valence-corrected chi connectivity index (χ2v) is 4.93. The fourth-order valence-electron chi connectivity index (χ4n) is 1.84. The zero-order valence-electron chi connectivity index (χ0n) is 10.6. The Morgan fingerprint density at radius 1 is 1.25 bits per heavy atom. The Hall–Kier alpha value is -1.18.